The topological polar surface area (TPSA) is 75.1 Å². The molecule has 2 fully saturated rings. The highest BCUT2D eigenvalue weighted by molar-refractivity contribution is 5.92. The Balaban J connectivity index is 1.45. The molecule has 2 N–H and O–H groups in total. The van der Waals surface area contributed by atoms with Crippen LogP contribution >= 0.6 is 0 Å². The van der Waals surface area contributed by atoms with Gasteiger partial charge in [0.25, 0.3) is 0 Å². The van der Waals surface area contributed by atoms with Gasteiger partial charge in [-0.2, -0.15) is 0 Å². The van der Waals surface area contributed by atoms with E-state index in [9.17, 15) is 9.59 Å². The summed E-state index contributed by atoms with van der Waals surface area (Å²) in [6, 6.07) is 5.20. The van der Waals surface area contributed by atoms with Crippen molar-refractivity contribution < 1.29 is 9.21 Å². The van der Waals surface area contributed by atoms with Gasteiger partial charge in [0.2, 0.25) is 5.91 Å². The predicted octanol–water partition coefficient (Wildman–Crippen LogP) is 2.89. The molecule has 110 valence electrons. The maximum Gasteiger partial charge on any atom is 0.417 e. The molecule has 1 aromatic heterocycles. The highest BCUT2D eigenvalue weighted by Crippen LogP contribution is 2.50. The van der Waals surface area contributed by atoms with Gasteiger partial charge in [-0.15, -0.1) is 0 Å². The molecule has 0 aliphatic heterocycles. The Morgan fingerprint density at radius 1 is 1.29 bits per heavy atom. The van der Waals surface area contributed by atoms with Crippen molar-refractivity contribution >= 4 is 22.7 Å². The molecule has 5 nitrogen and oxygen atoms in total. The third-order valence-corrected chi connectivity index (χ3v) is 4.58. The van der Waals surface area contributed by atoms with E-state index in [2.05, 4.69) is 10.3 Å². The van der Waals surface area contributed by atoms with E-state index in [-0.39, 0.29) is 5.91 Å². The summed E-state index contributed by atoms with van der Waals surface area (Å²) < 4.78 is 4.95. The van der Waals surface area contributed by atoms with E-state index in [1.165, 1.54) is 25.7 Å². The molecule has 2 aliphatic rings. The standard InChI is InChI=1S/C16H18N2O3/c19-15(8-12(9-1-2-9)10-3-4-10)17-11-5-6-14-13(7-11)18-16(20)21-14/h5-7,9-10,12H,1-4,8H2,(H,17,19)(H,18,20). The minimum Gasteiger partial charge on any atom is -0.408 e. The van der Waals surface area contributed by atoms with Gasteiger partial charge < -0.3 is 9.73 Å². The summed E-state index contributed by atoms with van der Waals surface area (Å²) >= 11 is 0. The van der Waals surface area contributed by atoms with E-state index in [0.717, 1.165) is 11.8 Å². The van der Waals surface area contributed by atoms with Crippen molar-refractivity contribution in [3.63, 3.8) is 0 Å². The summed E-state index contributed by atoms with van der Waals surface area (Å²) in [6.07, 6.45) is 5.77. The molecule has 0 saturated heterocycles. The van der Waals surface area contributed by atoms with Crippen molar-refractivity contribution in [1.82, 2.24) is 4.98 Å². The predicted molar refractivity (Wildman–Crippen MR) is 79.0 cm³/mol. The van der Waals surface area contributed by atoms with Gasteiger partial charge in [-0.25, -0.2) is 4.79 Å². The number of H-pyrrole nitrogens is 1. The van der Waals surface area contributed by atoms with E-state index >= 15 is 0 Å². The highest BCUT2D eigenvalue weighted by atomic mass is 16.4. The molecule has 1 aromatic carbocycles. The Morgan fingerprint density at radius 3 is 2.67 bits per heavy atom. The zero-order valence-corrected chi connectivity index (χ0v) is 11.7. The number of hydrogen-bond donors (Lipinski definition) is 2. The van der Waals surface area contributed by atoms with Crippen LogP contribution in [0.3, 0.4) is 0 Å². The first-order valence-corrected chi connectivity index (χ1v) is 7.62. The number of oxazole rings is 1. The number of nitrogens with one attached hydrogen (secondary N) is 2. The van der Waals surface area contributed by atoms with Gasteiger partial charge >= 0.3 is 5.76 Å². The first kappa shape index (κ1) is 12.7. The van der Waals surface area contributed by atoms with Crippen LogP contribution in [0.5, 0.6) is 0 Å². The lowest BCUT2D eigenvalue weighted by Gasteiger charge is -2.14. The molecule has 0 unspecified atom stereocenters. The van der Waals surface area contributed by atoms with Crippen LogP contribution in [-0.2, 0) is 4.79 Å². The van der Waals surface area contributed by atoms with Crippen molar-refractivity contribution in [2.45, 2.75) is 32.1 Å². The van der Waals surface area contributed by atoms with Crippen LogP contribution in [0.25, 0.3) is 11.1 Å². The molecular weight excluding hydrogens is 268 g/mol. The van der Waals surface area contributed by atoms with E-state index in [1.807, 2.05) is 0 Å². The fraction of sp³-hybridized carbons (Fsp3) is 0.500. The van der Waals surface area contributed by atoms with Crippen LogP contribution in [0.4, 0.5) is 5.69 Å². The van der Waals surface area contributed by atoms with Crippen molar-refractivity contribution in [3.05, 3.63) is 28.7 Å². The Morgan fingerprint density at radius 2 is 2.00 bits per heavy atom. The molecule has 2 saturated carbocycles. The van der Waals surface area contributed by atoms with Crippen molar-refractivity contribution in [2.75, 3.05) is 5.32 Å². The second-order valence-corrected chi connectivity index (χ2v) is 6.32. The van der Waals surface area contributed by atoms with Crippen LogP contribution in [-0.4, -0.2) is 10.9 Å². The Kier molecular flexibility index (Phi) is 2.87. The second kappa shape index (κ2) is 4.76. The summed E-state index contributed by atoms with van der Waals surface area (Å²) in [7, 11) is 0. The number of carbonyl (C=O) groups is 1. The summed E-state index contributed by atoms with van der Waals surface area (Å²) in [5, 5.41) is 2.94. The van der Waals surface area contributed by atoms with Crippen LogP contribution < -0.4 is 11.1 Å². The molecule has 4 rings (SSSR count). The summed E-state index contributed by atoms with van der Waals surface area (Å²) in [4.78, 5) is 25.9. The molecule has 2 aliphatic carbocycles. The molecule has 0 bridgehead atoms. The molecule has 2 aromatic rings. The van der Waals surface area contributed by atoms with Gasteiger partial charge in [0, 0.05) is 12.1 Å². The van der Waals surface area contributed by atoms with Crippen LogP contribution in [0.1, 0.15) is 32.1 Å². The van der Waals surface area contributed by atoms with Gasteiger partial charge in [0.15, 0.2) is 5.58 Å². The highest BCUT2D eigenvalue weighted by Gasteiger charge is 2.42. The van der Waals surface area contributed by atoms with E-state index < -0.39 is 5.76 Å². The van der Waals surface area contributed by atoms with Crippen LogP contribution in [0, 0.1) is 17.8 Å². The van der Waals surface area contributed by atoms with Crippen molar-refractivity contribution in [2.24, 2.45) is 17.8 Å². The lowest BCUT2D eigenvalue weighted by molar-refractivity contribution is -0.117. The number of amides is 1. The molecule has 0 atom stereocenters. The average molecular weight is 286 g/mol. The number of anilines is 1. The maximum atomic E-state index is 12.2. The number of hydrogen-bond acceptors (Lipinski definition) is 3. The van der Waals surface area contributed by atoms with Crippen LogP contribution in [0.2, 0.25) is 0 Å². The smallest absolute Gasteiger partial charge is 0.408 e. The SMILES string of the molecule is O=C(CC(C1CC1)C1CC1)Nc1ccc2oc(=O)[nH]c2c1. The quantitative estimate of drug-likeness (QED) is 0.887. The summed E-state index contributed by atoms with van der Waals surface area (Å²) in [5.74, 6) is 1.72. The first-order chi connectivity index (χ1) is 10.2. The molecule has 1 heterocycles. The lowest BCUT2D eigenvalue weighted by atomic mass is 9.94. The Labute approximate surface area is 121 Å². The second-order valence-electron chi connectivity index (χ2n) is 6.32. The first-order valence-electron chi connectivity index (χ1n) is 7.62. The number of rotatable bonds is 5. The number of carbonyl (C=O) groups excluding carboxylic acids is 1. The monoisotopic (exact) mass is 286 g/mol. The molecule has 1 amide bonds. The largest absolute Gasteiger partial charge is 0.417 e. The van der Waals surface area contributed by atoms with E-state index in [4.69, 9.17) is 4.42 Å². The van der Waals surface area contributed by atoms with Crippen molar-refractivity contribution in [1.29, 1.82) is 0 Å². The van der Waals surface area contributed by atoms with Crippen molar-refractivity contribution in [3.8, 4) is 0 Å². The van der Waals surface area contributed by atoms with Gasteiger partial charge in [-0.1, -0.05) is 0 Å². The van der Waals surface area contributed by atoms with Gasteiger partial charge in [0.1, 0.15) is 0 Å². The molecule has 0 spiro atoms. The fourth-order valence-corrected chi connectivity index (χ4v) is 3.22. The molecule has 0 radical (unpaired) electrons. The number of benzene rings is 1. The minimum absolute atomic E-state index is 0.0731. The Hall–Kier alpha value is -2.04. The van der Waals surface area contributed by atoms with Crippen LogP contribution in [0.15, 0.2) is 27.4 Å². The average Bonchev–Trinajstić information content (AvgIpc) is 3.33. The van der Waals surface area contributed by atoms with Gasteiger partial charge in [-0.05, 0) is 61.6 Å². The lowest BCUT2D eigenvalue weighted by Crippen LogP contribution is -2.19. The zero-order valence-electron chi connectivity index (χ0n) is 11.7. The summed E-state index contributed by atoms with van der Waals surface area (Å²) in [6.45, 7) is 0. The number of fused-ring (bicyclic) bond motifs is 1. The molecule has 21 heavy (non-hydrogen) atoms. The van der Waals surface area contributed by atoms with Gasteiger partial charge in [-0.3, -0.25) is 9.78 Å². The number of aromatic nitrogens is 1. The third kappa shape index (κ3) is 2.73. The number of aromatic amines is 1. The zero-order chi connectivity index (χ0) is 14.4. The maximum absolute atomic E-state index is 12.2. The Bertz CT molecular complexity index is 725. The fourth-order valence-electron chi connectivity index (χ4n) is 3.22. The third-order valence-electron chi connectivity index (χ3n) is 4.58. The molecule has 5 heteroatoms. The minimum atomic E-state index is -0.476. The summed E-state index contributed by atoms with van der Waals surface area (Å²) in [5.41, 5.74) is 1.82. The van der Waals surface area contributed by atoms with E-state index in [1.54, 1.807) is 18.2 Å². The normalized spacial score (nSPS) is 18.3. The van der Waals surface area contributed by atoms with E-state index in [0.29, 0.717) is 29.1 Å². The molecular formula is C16H18N2O3. The van der Waals surface area contributed by atoms with Gasteiger partial charge in [0.05, 0.1) is 5.52 Å².